The van der Waals surface area contributed by atoms with Gasteiger partial charge in [-0.15, -0.1) is 0 Å². The summed E-state index contributed by atoms with van der Waals surface area (Å²) in [5, 5.41) is 21.2. The van der Waals surface area contributed by atoms with Crippen LogP contribution in [-0.2, 0) is 9.53 Å². The fourth-order valence-corrected chi connectivity index (χ4v) is 2.55. The maximum absolute atomic E-state index is 11.7. The van der Waals surface area contributed by atoms with E-state index in [9.17, 15) is 4.79 Å². The number of hydrogen-bond acceptors (Lipinski definition) is 6. The van der Waals surface area contributed by atoms with Crippen molar-refractivity contribution < 1.29 is 19.4 Å². The van der Waals surface area contributed by atoms with Gasteiger partial charge in [0.05, 0.1) is 23.8 Å². The zero-order valence-corrected chi connectivity index (χ0v) is 15.7. The van der Waals surface area contributed by atoms with Crippen molar-refractivity contribution in [3.8, 4) is 11.8 Å². The van der Waals surface area contributed by atoms with Gasteiger partial charge in [0.15, 0.2) is 0 Å². The fourth-order valence-electron chi connectivity index (χ4n) is 2.55. The Morgan fingerprint density at radius 1 is 1.22 bits per heavy atom. The molecule has 142 valence electrons. The zero-order chi connectivity index (χ0) is 19.8. The Labute approximate surface area is 159 Å². The highest BCUT2D eigenvalue weighted by Crippen LogP contribution is 2.32. The molecule has 0 aliphatic heterocycles. The van der Waals surface area contributed by atoms with Gasteiger partial charge in [0.1, 0.15) is 12.4 Å². The van der Waals surface area contributed by atoms with E-state index in [-0.39, 0.29) is 19.1 Å². The summed E-state index contributed by atoms with van der Waals surface area (Å²) in [6.45, 7) is 5.50. The van der Waals surface area contributed by atoms with E-state index < -0.39 is 12.2 Å². The summed E-state index contributed by atoms with van der Waals surface area (Å²) in [6, 6.07) is 14.6. The van der Waals surface area contributed by atoms with Crippen LogP contribution in [0, 0.1) is 11.3 Å². The normalized spacial score (nSPS) is 11.6. The standard InChI is InChI=1S/C21H24N2O4/c1-14(2)17-6-9-20(26-11-10-24)19(12-17)21(27-15(3)25)23-18-7-4-16(13-22)5-8-18/h4-9,12,14,21,23-24H,10-11H2,1-3H3. The number of aliphatic hydroxyl groups is 1. The molecule has 0 saturated heterocycles. The summed E-state index contributed by atoms with van der Waals surface area (Å²) >= 11 is 0. The molecule has 1 unspecified atom stereocenters. The van der Waals surface area contributed by atoms with E-state index in [2.05, 4.69) is 25.2 Å². The zero-order valence-electron chi connectivity index (χ0n) is 15.7. The molecule has 2 aromatic rings. The number of esters is 1. The van der Waals surface area contributed by atoms with Gasteiger partial charge in [-0.2, -0.15) is 5.26 Å². The van der Waals surface area contributed by atoms with Crippen LogP contribution in [0.15, 0.2) is 42.5 Å². The van der Waals surface area contributed by atoms with Crippen molar-refractivity contribution in [2.45, 2.75) is 32.9 Å². The van der Waals surface area contributed by atoms with Crippen LogP contribution >= 0.6 is 0 Å². The largest absolute Gasteiger partial charge is 0.491 e. The topological polar surface area (TPSA) is 91.6 Å². The number of nitrogens with one attached hydrogen (secondary N) is 1. The van der Waals surface area contributed by atoms with Crippen molar-refractivity contribution in [1.29, 1.82) is 5.26 Å². The molecule has 0 saturated carbocycles. The molecule has 0 aliphatic rings. The molecule has 27 heavy (non-hydrogen) atoms. The van der Waals surface area contributed by atoms with Crippen LogP contribution in [0.1, 0.15) is 49.6 Å². The van der Waals surface area contributed by atoms with E-state index >= 15 is 0 Å². The molecule has 0 amide bonds. The van der Waals surface area contributed by atoms with Gasteiger partial charge in [0.2, 0.25) is 6.23 Å². The number of rotatable bonds is 8. The summed E-state index contributed by atoms with van der Waals surface area (Å²) in [5.74, 6) is 0.369. The van der Waals surface area contributed by atoms with Crippen molar-refractivity contribution >= 4 is 11.7 Å². The molecule has 0 aromatic heterocycles. The fraction of sp³-hybridized carbons (Fsp3) is 0.333. The summed E-state index contributed by atoms with van der Waals surface area (Å²) in [6.07, 6.45) is -0.775. The predicted octanol–water partition coefficient (Wildman–Crippen LogP) is 3.73. The first-order chi connectivity index (χ1) is 12.9. The van der Waals surface area contributed by atoms with Crippen molar-refractivity contribution in [1.82, 2.24) is 0 Å². The number of benzene rings is 2. The van der Waals surface area contributed by atoms with Crippen LogP contribution in [0.3, 0.4) is 0 Å². The quantitative estimate of drug-likeness (QED) is 0.545. The first-order valence-corrected chi connectivity index (χ1v) is 8.76. The van der Waals surface area contributed by atoms with Crippen LogP contribution in [0.4, 0.5) is 5.69 Å². The van der Waals surface area contributed by atoms with Gasteiger partial charge in [-0.3, -0.25) is 4.79 Å². The molecule has 0 spiro atoms. The van der Waals surface area contributed by atoms with Crippen LogP contribution in [0.5, 0.6) is 5.75 Å². The maximum Gasteiger partial charge on any atom is 0.304 e. The van der Waals surface area contributed by atoms with Crippen molar-refractivity contribution in [2.75, 3.05) is 18.5 Å². The summed E-state index contributed by atoms with van der Waals surface area (Å²) in [4.78, 5) is 11.7. The number of aliphatic hydroxyl groups excluding tert-OH is 1. The molecule has 6 nitrogen and oxygen atoms in total. The molecule has 2 N–H and O–H groups in total. The molecular weight excluding hydrogens is 344 g/mol. The Morgan fingerprint density at radius 2 is 1.93 bits per heavy atom. The van der Waals surface area contributed by atoms with Crippen molar-refractivity contribution in [3.05, 3.63) is 59.2 Å². The van der Waals surface area contributed by atoms with E-state index in [0.717, 1.165) is 5.56 Å². The van der Waals surface area contributed by atoms with E-state index in [4.69, 9.17) is 19.8 Å². The van der Waals surface area contributed by atoms with Crippen LogP contribution in [0.2, 0.25) is 0 Å². The molecule has 0 fully saturated rings. The lowest BCUT2D eigenvalue weighted by atomic mass is 9.99. The Hall–Kier alpha value is -3.04. The van der Waals surface area contributed by atoms with Crippen LogP contribution in [0.25, 0.3) is 0 Å². The third-order valence-corrected chi connectivity index (χ3v) is 3.93. The number of carbonyl (C=O) groups is 1. The number of nitriles is 1. The highest BCUT2D eigenvalue weighted by atomic mass is 16.6. The Balaban J connectivity index is 2.41. The molecule has 1 atom stereocenters. The first kappa shape index (κ1) is 20.3. The lowest BCUT2D eigenvalue weighted by Gasteiger charge is -2.23. The molecule has 0 aliphatic carbocycles. The molecule has 2 rings (SSSR count). The number of nitrogens with zero attached hydrogens (tertiary/aromatic N) is 1. The smallest absolute Gasteiger partial charge is 0.304 e. The Morgan fingerprint density at radius 3 is 2.48 bits per heavy atom. The lowest BCUT2D eigenvalue weighted by Crippen LogP contribution is -2.19. The van der Waals surface area contributed by atoms with Gasteiger partial charge in [0, 0.05) is 12.6 Å². The molecule has 0 heterocycles. The second kappa shape index (κ2) is 9.60. The summed E-state index contributed by atoms with van der Waals surface area (Å²) in [7, 11) is 0. The maximum atomic E-state index is 11.7. The van der Waals surface area contributed by atoms with Gasteiger partial charge in [-0.1, -0.05) is 19.9 Å². The SMILES string of the molecule is CC(=O)OC(Nc1ccc(C#N)cc1)c1cc(C(C)C)ccc1OCCO. The van der Waals surface area contributed by atoms with Gasteiger partial charge in [-0.25, -0.2) is 0 Å². The predicted molar refractivity (Wildman–Crippen MR) is 102 cm³/mol. The van der Waals surface area contributed by atoms with E-state index in [1.807, 2.05) is 18.2 Å². The summed E-state index contributed by atoms with van der Waals surface area (Å²) < 4.78 is 11.1. The van der Waals surface area contributed by atoms with Crippen LogP contribution < -0.4 is 10.1 Å². The van der Waals surface area contributed by atoms with Gasteiger partial charge in [0.25, 0.3) is 0 Å². The monoisotopic (exact) mass is 368 g/mol. The molecular formula is C21H24N2O4. The minimum atomic E-state index is -0.775. The lowest BCUT2D eigenvalue weighted by molar-refractivity contribution is -0.145. The highest BCUT2D eigenvalue weighted by Gasteiger charge is 2.21. The first-order valence-electron chi connectivity index (χ1n) is 8.76. The average Bonchev–Trinajstić information content (AvgIpc) is 2.66. The minimum Gasteiger partial charge on any atom is -0.491 e. The van der Waals surface area contributed by atoms with Crippen molar-refractivity contribution in [2.24, 2.45) is 0 Å². The molecule has 2 aromatic carbocycles. The minimum absolute atomic E-state index is 0.118. The van der Waals surface area contributed by atoms with Crippen molar-refractivity contribution in [3.63, 3.8) is 0 Å². The number of anilines is 1. The second-order valence-electron chi connectivity index (χ2n) is 6.35. The summed E-state index contributed by atoms with van der Waals surface area (Å²) in [5.41, 5.74) is 2.97. The number of carbonyl (C=O) groups excluding carboxylic acids is 1. The molecule has 6 heteroatoms. The van der Waals surface area contributed by atoms with Gasteiger partial charge in [-0.05, 0) is 47.9 Å². The van der Waals surface area contributed by atoms with Gasteiger partial charge >= 0.3 is 5.97 Å². The van der Waals surface area contributed by atoms with E-state index in [0.29, 0.717) is 22.6 Å². The average molecular weight is 368 g/mol. The third-order valence-electron chi connectivity index (χ3n) is 3.93. The molecule has 0 radical (unpaired) electrons. The highest BCUT2D eigenvalue weighted by molar-refractivity contribution is 5.67. The van der Waals surface area contributed by atoms with E-state index in [1.54, 1.807) is 24.3 Å². The second-order valence-corrected chi connectivity index (χ2v) is 6.35. The Kier molecular flexibility index (Phi) is 7.21. The Bertz CT molecular complexity index is 810. The molecule has 0 bridgehead atoms. The third kappa shape index (κ3) is 5.73. The number of ether oxygens (including phenoxy) is 2. The van der Waals surface area contributed by atoms with Gasteiger partial charge < -0.3 is 19.9 Å². The van der Waals surface area contributed by atoms with E-state index in [1.165, 1.54) is 6.92 Å². The van der Waals surface area contributed by atoms with Crippen LogP contribution in [-0.4, -0.2) is 24.3 Å². The number of hydrogen-bond donors (Lipinski definition) is 2.